The van der Waals surface area contributed by atoms with Crippen molar-refractivity contribution in [2.75, 3.05) is 0 Å². The van der Waals surface area contributed by atoms with Crippen molar-refractivity contribution in [1.29, 1.82) is 0 Å². The Bertz CT molecular complexity index is 56.4. The van der Waals surface area contributed by atoms with Gasteiger partial charge in [-0.05, 0) is 12.8 Å². The van der Waals surface area contributed by atoms with Gasteiger partial charge in [0, 0.05) is 0 Å². The molecule has 0 aromatic rings. The predicted octanol–water partition coefficient (Wildman–Crippen LogP) is 3.26. The lowest BCUT2D eigenvalue weighted by Crippen LogP contribution is -2.03. The number of aliphatic hydroxyl groups is 1. The van der Waals surface area contributed by atoms with E-state index in [0.29, 0.717) is 0 Å². The summed E-state index contributed by atoms with van der Waals surface area (Å²) in [6.45, 7) is 4.19. The Hall–Kier alpha value is 0.500. The van der Waals surface area contributed by atoms with E-state index in [1.165, 1.54) is 0 Å². The first-order valence-electron chi connectivity index (χ1n) is 3.80. The number of hydrogen-bond donors (Lipinski definition) is 1. The van der Waals surface area contributed by atoms with Gasteiger partial charge in [-0.15, -0.1) is 0 Å². The maximum Gasteiger partial charge on any atom is 0.0832 e. The standard InChI is InChI=1S/C7H16O.Cl2O/c1-3-5-7(8)6-4-2;1-3-2/h7-8H,3-6H2,1-2H3;. The van der Waals surface area contributed by atoms with Gasteiger partial charge in [0.1, 0.15) is 0 Å². The van der Waals surface area contributed by atoms with E-state index in [-0.39, 0.29) is 6.10 Å². The second-order valence-corrected chi connectivity index (χ2v) is 2.76. The molecule has 0 aromatic carbocycles. The highest BCUT2D eigenvalue weighted by Crippen LogP contribution is 2.02. The monoisotopic (exact) mass is 202 g/mol. The van der Waals surface area contributed by atoms with Crippen molar-refractivity contribution in [2.24, 2.45) is 0 Å². The molecule has 0 unspecified atom stereocenters. The zero-order valence-electron chi connectivity index (χ0n) is 7.02. The Morgan fingerprint density at radius 2 is 1.45 bits per heavy atom. The summed E-state index contributed by atoms with van der Waals surface area (Å²) < 4.78 is 3.19. The van der Waals surface area contributed by atoms with Gasteiger partial charge in [0.05, 0.1) is 29.8 Å². The van der Waals surface area contributed by atoms with Crippen LogP contribution in [0, 0.1) is 0 Å². The summed E-state index contributed by atoms with van der Waals surface area (Å²) in [6, 6.07) is 0. The molecule has 0 aliphatic heterocycles. The molecule has 1 N–H and O–H groups in total. The molecule has 0 spiro atoms. The predicted molar refractivity (Wildman–Crippen MR) is 48.6 cm³/mol. The smallest absolute Gasteiger partial charge is 0.0832 e. The van der Waals surface area contributed by atoms with E-state index in [4.69, 9.17) is 5.11 Å². The topological polar surface area (TPSA) is 29.5 Å². The van der Waals surface area contributed by atoms with E-state index in [2.05, 4.69) is 41.4 Å². The van der Waals surface area contributed by atoms with E-state index in [9.17, 15) is 0 Å². The maximum atomic E-state index is 9.05. The van der Waals surface area contributed by atoms with Crippen molar-refractivity contribution < 1.29 is 8.95 Å². The van der Waals surface area contributed by atoms with E-state index in [1.54, 1.807) is 0 Å². The van der Waals surface area contributed by atoms with Crippen molar-refractivity contribution in [2.45, 2.75) is 45.6 Å². The average Bonchev–Trinajstić information content (AvgIpc) is 1.90. The van der Waals surface area contributed by atoms with Gasteiger partial charge in [-0.25, -0.2) is 0 Å². The fraction of sp³-hybridized carbons (Fsp3) is 1.00. The number of rotatable bonds is 4. The van der Waals surface area contributed by atoms with Gasteiger partial charge in [-0.1, -0.05) is 26.7 Å². The first-order valence-corrected chi connectivity index (χ1v) is 4.41. The number of hydrogen-bond acceptors (Lipinski definition) is 2. The molecule has 4 heteroatoms. The molecule has 0 saturated carbocycles. The summed E-state index contributed by atoms with van der Waals surface area (Å²) >= 11 is 8.53. The molecule has 0 aliphatic rings. The van der Waals surface area contributed by atoms with Gasteiger partial charge in [-0.3, -0.25) is 0 Å². The van der Waals surface area contributed by atoms with Gasteiger partial charge in [0.15, 0.2) is 0 Å². The first-order chi connectivity index (χ1) is 5.22. The zero-order valence-corrected chi connectivity index (χ0v) is 8.53. The lowest BCUT2D eigenvalue weighted by atomic mass is 10.1. The van der Waals surface area contributed by atoms with Crippen LogP contribution in [-0.4, -0.2) is 11.2 Å². The molecule has 0 bridgehead atoms. The van der Waals surface area contributed by atoms with Crippen LogP contribution in [0.4, 0.5) is 0 Å². The summed E-state index contributed by atoms with van der Waals surface area (Å²) in [5.41, 5.74) is 0. The molecule has 0 aliphatic carbocycles. The summed E-state index contributed by atoms with van der Waals surface area (Å²) in [4.78, 5) is 0. The van der Waals surface area contributed by atoms with Crippen molar-refractivity contribution in [3.63, 3.8) is 0 Å². The van der Waals surface area contributed by atoms with Crippen LogP contribution < -0.4 is 0 Å². The summed E-state index contributed by atoms with van der Waals surface area (Å²) in [5, 5.41) is 9.05. The van der Waals surface area contributed by atoms with Crippen LogP contribution in [0.3, 0.4) is 0 Å². The fourth-order valence-electron chi connectivity index (χ4n) is 0.811. The molecule has 0 saturated heterocycles. The van der Waals surface area contributed by atoms with Crippen LogP contribution in [0.2, 0.25) is 0 Å². The first kappa shape index (κ1) is 14.0. The number of halogens is 2. The van der Waals surface area contributed by atoms with Crippen LogP contribution in [0.15, 0.2) is 0 Å². The van der Waals surface area contributed by atoms with Gasteiger partial charge in [-0.2, -0.15) is 3.84 Å². The van der Waals surface area contributed by atoms with Crippen molar-refractivity contribution in [3.05, 3.63) is 0 Å². The molecule has 0 amide bonds. The van der Waals surface area contributed by atoms with Crippen molar-refractivity contribution >= 4 is 23.7 Å². The summed E-state index contributed by atoms with van der Waals surface area (Å²) in [7, 11) is 0. The molecule has 0 rings (SSSR count). The molecule has 0 heterocycles. The maximum absolute atomic E-state index is 9.05. The minimum absolute atomic E-state index is 0.0370. The van der Waals surface area contributed by atoms with Crippen LogP contribution in [-0.2, 0) is 3.84 Å². The Morgan fingerprint density at radius 3 is 1.64 bits per heavy atom. The molecular weight excluding hydrogens is 187 g/mol. The highest BCUT2D eigenvalue weighted by molar-refractivity contribution is 6.24. The van der Waals surface area contributed by atoms with Gasteiger partial charge < -0.3 is 5.11 Å². The Kier molecular flexibility index (Phi) is 16.8. The van der Waals surface area contributed by atoms with Gasteiger partial charge in [0.2, 0.25) is 0 Å². The minimum Gasteiger partial charge on any atom is -0.393 e. The van der Waals surface area contributed by atoms with Crippen LogP contribution in [0.1, 0.15) is 39.5 Å². The molecule has 11 heavy (non-hydrogen) atoms. The van der Waals surface area contributed by atoms with E-state index < -0.39 is 0 Å². The lowest BCUT2D eigenvalue weighted by molar-refractivity contribution is 0.153. The minimum atomic E-state index is -0.0370. The third-order valence-electron chi connectivity index (χ3n) is 1.24. The molecule has 70 valence electrons. The summed E-state index contributed by atoms with van der Waals surface area (Å²) in [6.07, 6.45) is 4.09. The van der Waals surface area contributed by atoms with Crippen LogP contribution in [0.25, 0.3) is 0 Å². The fourth-order valence-corrected chi connectivity index (χ4v) is 0.811. The molecule has 0 fully saturated rings. The molecule has 0 atom stereocenters. The lowest BCUT2D eigenvalue weighted by Gasteiger charge is -2.04. The van der Waals surface area contributed by atoms with Gasteiger partial charge in [0.25, 0.3) is 0 Å². The van der Waals surface area contributed by atoms with E-state index in [1.807, 2.05) is 0 Å². The van der Waals surface area contributed by atoms with Crippen molar-refractivity contribution in [1.82, 2.24) is 0 Å². The second-order valence-electron chi connectivity index (χ2n) is 2.29. The average molecular weight is 203 g/mol. The second kappa shape index (κ2) is 13.1. The molecule has 2 nitrogen and oxygen atoms in total. The number of aliphatic hydroxyl groups excluding tert-OH is 1. The quantitative estimate of drug-likeness (QED) is 0.759. The molecular formula is C7H16Cl2O2. The normalized spacial score (nSPS) is 9.27. The Morgan fingerprint density at radius 1 is 1.18 bits per heavy atom. The zero-order chi connectivity index (χ0) is 9.11. The van der Waals surface area contributed by atoms with Crippen LogP contribution >= 0.6 is 23.7 Å². The Labute approximate surface area is 78.8 Å². The highest BCUT2D eigenvalue weighted by atomic mass is 35.6. The molecule has 0 radical (unpaired) electrons. The van der Waals surface area contributed by atoms with E-state index in [0.717, 1.165) is 25.7 Å². The Balaban J connectivity index is 0. The largest absolute Gasteiger partial charge is 0.393 e. The third kappa shape index (κ3) is 18.0. The SMILES string of the molecule is CCCC(O)CCC.ClOCl. The van der Waals surface area contributed by atoms with Crippen molar-refractivity contribution in [3.8, 4) is 0 Å². The summed E-state index contributed by atoms with van der Waals surface area (Å²) in [5.74, 6) is 0. The third-order valence-corrected chi connectivity index (χ3v) is 1.24. The molecule has 0 aromatic heterocycles. The highest BCUT2D eigenvalue weighted by Gasteiger charge is 1.97. The van der Waals surface area contributed by atoms with Gasteiger partial charge >= 0.3 is 0 Å². The van der Waals surface area contributed by atoms with E-state index >= 15 is 0 Å². The van der Waals surface area contributed by atoms with Crippen LogP contribution in [0.5, 0.6) is 0 Å².